The molecule has 1 aromatic carbocycles. The third-order valence-electron chi connectivity index (χ3n) is 5.14. The largest absolute Gasteiger partial charge is 0.478 e. The number of hydrogen-bond acceptors (Lipinski definition) is 6. The van der Waals surface area contributed by atoms with Gasteiger partial charge in [-0.25, -0.2) is 4.79 Å². The standard InChI is InChI=1S/C23H21N3O5S/c1-2-30-19(27)13-26-21(20(25-23(26)32)16-9-5-6-12-24-16)18-11-10-17(31-18)14-7-3-4-8-15(14)22(28)29/h3-12,20-21H,2,13H2,1H3,(H,25,32)(H,28,29)/t20-,21+/m1/s1. The number of carboxylic acids is 1. The van der Waals surface area contributed by atoms with Crippen LogP contribution in [0.2, 0.25) is 0 Å². The van der Waals surface area contributed by atoms with Crippen molar-refractivity contribution in [3.63, 3.8) is 0 Å². The van der Waals surface area contributed by atoms with Crippen molar-refractivity contribution in [2.24, 2.45) is 0 Å². The number of carbonyl (C=O) groups excluding carboxylic acids is 1. The number of benzene rings is 1. The molecule has 1 aliphatic heterocycles. The second-order valence-corrected chi connectivity index (χ2v) is 7.50. The number of rotatable bonds is 7. The van der Waals surface area contributed by atoms with Crippen molar-refractivity contribution in [1.29, 1.82) is 0 Å². The molecule has 0 saturated carbocycles. The zero-order valence-corrected chi connectivity index (χ0v) is 18.0. The van der Waals surface area contributed by atoms with Crippen LogP contribution in [0.25, 0.3) is 11.3 Å². The number of esters is 1. The van der Waals surface area contributed by atoms with E-state index < -0.39 is 18.0 Å². The minimum Gasteiger partial charge on any atom is -0.478 e. The van der Waals surface area contributed by atoms with Gasteiger partial charge in [-0.15, -0.1) is 0 Å². The molecule has 0 bridgehead atoms. The van der Waals surface area contributed by atoms with Crippen LogP contribution >= 0.6 is 12.2 Å². The minimum atomic E-state index is -1.04. The van der Waals surface area contributed by atoms with Gasteiger partial charge in [-0.1, -0.05) is 24.3 Å². The van der Waals surface area contributed by atoms with Crippen molar-refractivity contribution in [3.05, 3.63) is 77.8 Å². The number of nitrogens with zero attached hydrogens (tertiary/aromatic N) is 2. The van der Waals surface area contributed by atoms with Crippen molar-refractivity contribution >= 4 is 29.3 Å². The van der Waals surface area contributed by atoms with Crippen LogP contribution in [0.4, 0.5) is 0 Å². The number of thiocarbonyl (C=S) groups is 1. The fraction of sp³-hybridized carbons (Fsp3) is 0.217. The molecule has 0 radical (unpaired) electrons. The fourth-order valence-corrected chi connectivity index (χ4v) is 4.08. The first-order chi connectivity index (χ1) is 15.5. The van der Waals surface area contributed by atoms with Gasteiger partial charge in [0.1, 0.15) is 24.1 Å². The molecular formula is C23H21N3O5S. The molecule has 0 unspecified atom stereocenters. The predicted octanol–water partition coefficient (Wildman–Crippen LogP) is 3.58. The van der Waals surface area contributed by atoms with Crippen LogP contribution < -0.4 is 5.32 Å². The first-order valence-corrected chi connectivity index (χ1v) is 10.5. The smallest absolute Gasteiger partial charge is 0.336 e. The van der Waals surface area contributed by atoms with E-state index in [0.29, 0.717) is 22.2 Å². The predicted molar refractivity (Wildman–Crippen MR) is 120 cm³/mol. The van der Waals surface area contributed by atoms with Gasteiger partial charge in [0.2, 0.25) is 0 Å². The molecule has 0 spiro atoms. The molecule has 164 valence electrons. The molecule has 1 fully saturated rings. The molecule has 9 heteroatoms. The van der Waals surface area contributed by atoms with Crippen molar-refractivity contribution in [2.75, 3.05) is 13.2 Å². The lowest BCUT2D eigenvalue weighted by Gasteiger charge is -2.25. The van der Waals surface area contributed by atoms with E-state index >= 15 is 0 Å². The van der Waals surface area contributed by atoms with Gasteiger partial charge in [-0.05, 0) is 49.5 Å². The van der Waals surface area contributed by atoms with E-state index in [0.717, 1.165) is 5.69 Å². The molecule has 8 nitrogen and oxygen atoms in total. The van der Waals surface area contributed by atoms with Gasteiger partial charge in [0, 0.05) is 11.8 Å². The highest BCUT2D eigenvalue weighted by Gasteiger charge is 2.42. The Balaban J connectivity index is 1.74. The molecule has 4 rings (SSSR count). The summed E-state index contributed by atoms with van der Waals surface area (Å²) in [5.41, 5.74) is 1.33. The van der Waals surface area contributed by atoms with Crippen LogP contribution in [-0.2, 0) is 9.53 Å². The highest BCUT2D eigenvalue weighted by atomic mass is 32.1. The number of aromatic carboxylic acids is 1. The first kappa shape index (κ1) is 21.5. The molecule has 32 heavy (non-hydrogen) atoms. The molecule has 1 saturated heterocycles. The number of furan rings is 1. The van der Waals surface area contributed by atoms with Crippen molar-refractivity contribution in [2.45, 2.75) is 19.0 Å². The average Bonchev–Trinajstić information content (AvgIpc) is 3.39. The van der Waals surface area contributed by atoms with Gasteiger partial charge in [-0.2, -0.15) is 0 Å². The second kappa shape index (κ2) is 9.19. The number of pyridine rings is 1. The Labute approximate surface area is 189 Å². The highest BCUT2D eigenvalue weighted by Crippen LogP contribution is 2.40. The van der Waals surface area contributed by atoms with Crippen LogP contribution in [0, 0.1) is 0 Å². The summed E-state index contributed by atoms with van der Waals surface area (Å²) >= 11 is 5.51. The van der Waals surface area contributed by atoms with E-state index in [1.165, 1.54) is 6.07 Å². The Kier molecular flexibility index (Phi) is 6.18. The van der Waals surface area contributed by atoms with E-state index in [2.05, 4.69) is 10.3 Å². The lowest BCUT2D eigenvalue weighted by molar-refractivity contribution is -0.143. The Morgan fingerprint density at radius 1 is 1.19 bits per heavy atom. The number of carbonyl (C=O) groups is 2. The van der Waals surface area contributed by atoms with Crippen LogP contribution in [0.1, 0.15) is 40.8 Å². The summed E-state index contributed by atoms with van der Waals surface area (Å²) in [6.07, 6.45) is 1.68. The summed E-state index contributed by atoms with van der Waals surface area (Å²) in [6.45, 7) is 1.94. The van der Waals surface area contributed by atoms with Gasteiger partial charge in [0.15, 0.2) is 5.11 Å². The Hall–Kier alpha value is -3.72. The zero-order chi connectivity index (χ0) is 22.7. The summed E-state index contributed by atoms with van der Waals surface area (Å²) < 4.78 is 11.2. The van der Waals surface area contributed by atoms with E-state index in [9.17, 15) is 14.7 Å². The van der Waals surface area contributed by atoms with Crippen LogP contribution in [0.3, 0.4) is 0 Å². The third-order valence-corrected chi connectivity index (χ3v) is 5.50. The topological polar surface area (TPSA) is 105 Å². The second-order valence-electron chi connectivity index (χ2n) is 7.11. The average molecular weight is 452 g/mol. The lowest BCUT2D eigenvalue weighted by atomic mass is 10.0. The SMILES string of the molecule is CCOC(=O)CN1C(=S)N[C@H](c2ccccn2)[C@@H]1c1ccc(-c2ccccc2C(=O)O)o1. The van der Waals surface area contributed by atoms with Gasteiger partial charge in [0.25, 0.3) is 0 Å². The molecule has 2 aromatic heterocycles. The fourth-order valence-electron chi connectivity index (χ4n) is 3.77. The Bertz CT molecular complexity index is 1150. The minimum absolute atomic E-state index is 0.0601. The number of ether oxygens (including phenoxy) is 1. The van der Waals surface area contributed by atoms with Crippen molar-refractivity contribution < 1.29 is 23.8 Å². The quantitative estimate of drug-likeness (QED) is 0.412. The van der Waals surface area contributed by atoms with E-state index in [1.807, 2.05) is 18.2 Å². The van der Waals surface area contributed by atoms with Gasteiger partial charge >= 0.3 is 11.9 Å². The molecule has 2 atom stereocenters. The van der Waals surface area contributed by atoms with Gasteiger partial charge in [-0.3, -0.25) is 9.78 Å². The van der Waals surface area contributed by atoms with E-state index in [4.69, 9.17) is 21.4 Å². The molecular weight excluding hydrogens is 430 g/mol. The number of carboxylic acid groups (broad SMARTS) is 1. The first-order valence-electron chi connectivity index (χ1n) is 10.1. The molecule has 3 aromatic rings. The summed E-state index contributed by atoms with van der Waals surface area (Å²) in [5, 5.41) is 13.1. The van der Waals surface area contributed by atoms with Crippen LogP contribution in [-0.4, -0.2) is 45.2 Å². The third kappa shape index (κ3) is 4.19. The number of aromatic nitrogens is 1. The summed E-state index contributed by atoms with van der Waals surface area (Å²) in [6, 6.07) is 14.8. The number of hydrogen-bond donors (Lipinski definition) is 2. The maximum atomic E-state index is 12.2. The zero-order valence-electron chi connectivity index (χ0n) is 17.2. The normalized spacial score (nSPS) is 17.8. The maximum Gasteiger partial charge on any atom is 0.336 e. The van der Waals surface area contributed by atoms with Crippen molar-refractivity contribution in [3.8, 4) is 11.3 Å². The molecule has 1 aliphatic rings. The Morgan fingerprint density at radius 3 is 2.69 bits per heavy atom. The van der Waals surface area contributed by atoms with E-state index in [-0.39, 0.29) is 24.8 Å². The van der Waals surface area contributed by atoms with E-state index in [1.54, 1.807) is 48.4 Å². The van der Waals surface area contributed by atoms with Crippen LogP contribution in [0.15, 0.2) is 65.2 Å². The van der Waals surface area contributed by atoms with Crippen molar-refractivity contribution in [1.82, 2.24) is 15.2 Å². The summed E-state index contributed by atoms with van der Waals surface area (Å²) in [7, 11) is 0. The molecule has 3 heterocycles. The molecule has 0 amide bonds. The molecule has 0 aliphatic carbocycles. The van der Waals surface area contributed by atoms with Gasteiger partial charge in [0.05, 0.1) is 23.9 Å². The summed E-state index contributed by atoms with van der Waals surface area (Å²) in [4.78, 5) is 30.0. The van der Waals surface area contributed by atoms with Gasteiger partial charge < -0.3 is 24.5 Å². The monoisotopic (exact) mass is 451 g/mol. The highest BCUT2D eigenvalue weighted by molar-refractivity contribution is 7.80. The number of nitrogens with one attached hydrogen (secondary N) is 1. The summed E-state index contributed by atoms with van der Waals surface area (Å²) in [5.74, 6) is -0.525. The molecule has 2 N–H and O–H groups in total. The lowest BCUT2D eigenvalue weighted by Crippen LogP contribution is -2.35. The van der Waals surface area contributed by atoms with Crippen LogP contribution in [0.5, 0.6) is 0 Å². The maximum absolute atomic E-state index is 12.2. The Morgan fingerprint density at radius 2 is 1.97 bits per heavy atom.